The maximum Gasteiger partial charge on any atom is 0.143 e. The van der Waals surface area contributed by atoms with Crippen LogP contribution in [-0.4, -0.2) is 4.57 Å². The largest absolute Gasteiger partial charge is 0.455 e. The quantitative estimate of drug-likeness (QED) is 0.156. The topological polar surface area (TPSA) is 21.3 Å². The summed E-state index contributed by atoms with van der Waals surface area (Å²) in [6.45, 7) is 0. The van der Waals surface area contributed by atoms with Gasteiger partial charge in [-0.2, -0.15) is 0 Å². The van der Waals surface area contributed by atoms with Gasteiger partial charge in [-0.1, -0.05) is 152 Å². The number of anilines is 3. The van der Waals surface area contributed by atoms with Gasteiger partial charge in [-0.25, -0.2) is 0 Å². The van der Waals surface area contributed by atoms with Crippen molar-refractivity contribution >= 4 is 93.1 Å². The van der Waals surface area contributed by atoms with Crippen molar-refractivity contribution in [3.8, 4) is 27.9 Å². The first kappa shape index (κ1) is 35.4. The summed E-state index contributed by atoms with van der Waals surface area (Å²) in [5, 5.41) is 12.0. The fourth-order valence-corrected chi connectivity index (χ4v) is 10.0. The summed E-state index contributed by atoms with van der Waals surface area (Å²) in [5.41, 5.74) is 13.2. The Hall–Kier alpha value is -8.40. The van der Waals surface area contributed by atoms with Crippen molar-refractivity contribution in [2.24, 2.45) is 0 Å². The lowest BCUT2D eigenvalue weighted by Gasteiger charge is -2.26. The Morgan fingerprint density at radius 3 is 1.59 bits per heavy atom. The minimum absolute atomic E-state index is 0.909. The molecule has 0 saturated heterocycles. The van der Waals surface area contributed by atoms with Crippen LogP contribution in [-0.2, 0) is 0 Å². The highest BCUT2D eigenvalue weighted by atomic mass is 16.3. The first-order valence-electron chi connectivity index (χ1n) is 21.6. The van der Waals surface area contributed by atoms with E-state index in [1.165, 1.54) is 54.5 Å². The summed E-state index contributed by atoms with van der Waals surface area (Å²) in [6, 6.07) is 83.4. The van der Waals surface area contributed by atoms with Crippen LogP contribution in [0.4, 0.5) is 17.1 Å². The van der Waals surface area contributed by atoms with E-state index in [0.29, 0.717) is 0 Å². The van der Waals surface area contributed by atoms with Crippen LogP contribution < -0.4 is 4.90 Å². The smallest absolute Gasteiger partial charge is 0.143 e. The van der Waals surface area contributed by atoms with E-state index in [1.54, 1.807) is 0 Å². The highest BCUT2D eigenvalue weighted by molar-refractivity contribution is 6.18. The molecule has 3 nitrogen and oxygen atoms in total. The second kappa shape index (κ2) is 14.1. The molecule has 0 saturated carbocycles. The lowest BCUT2D eigenvalue weighted by molar-refractivity contribution is 0.674. The number of nitrogens with zero attached hydrogens (tertiary/aromatic N) is 2. The lowest BCUT2D eigenvalue weighted by Crippen LogP contribution is -2.10. The summed E-state index contributed by atoms with van der Waals surface area (Å²) >= 11 is 0. The summed E-state index contributed by atoms with van der Waals surface area (Å²) in [4.78, 5) is 2.37. The molecule has 294 valence electrons. The second-order valence-electron chi connectivity index (χ2n) is 16.5. The van der Waals surface area contributed by atoms with E-state index in [9.17, 15) is 0 Å². The van der Waals surface area contributed by atoms with Gasteiger partial charge in [0.1, 0.15) is 11.2 Å². The van der Waals surface area contributed by atoms with E-state index in [0.717, 1.165) is 66.6 Å². The molecule has 63 heavy (non-hydrogen) atoms. The molecule has 2 aromatic heterocycles. The fourth-order valence-electron chi connectivity index (χ4n) is 10.0. The van der Waals surface area contributed by atoms with E-state index in [4.69, 9.17) is 4.42 Å². The van der Waals surface area contributed by atoms with Crippen LogP contribution in [0.5, 0.6) is 0 Å². The van der Waals surface area contributed by atoms with Gasteiger partial charge in [-0.05, 0) is 122 Å². The fraction of sp³-hybridized carbons (Fsp3) is 0. The number of benzene rings is 11. The predicted molar refractivity (Wildman–Crippen MR) is 266 cm³/mol. The van der Waals surface area contributed by atoms with E-state index < -0.39 is 0 Å². The van der Waals surface area contributed by atoms with Gasteiger partial charge in [-0.3, -0.25) is 0 Å². The molecule has 0 radical (unpaired) electrons. The molecular formula is C60H38N2O. The number of fused-ring (bicyclic) bond motifs is 11. The second-order valence-corrected chi connectivity index (χ2v) is 16.5. The molecule has 0 spiro atoms. The zero-order chi connectivity index (χ0) is 41.4. The first-order chi connectivity index (χ1) is 31.2. The third-order valence-corrected chi connectivity index (χ3v) is 13.0. The van der Waals surface area contributed by atoms with Gasteiger partial charge in [0.15, 0.2) is 0 Å². The van der Waals surface area contributed by atoms with Crippen LogP contribution in [0.25, 0.3) is 104 Å². The van der Waals surface area contributed by atoms with Gasteiger partial charge in [0.25, 0.3) is 0 Å². The molecule has 0 unspecified atom stereocenters. The molecule has 0 aliphatic heterocycles. The van der Waals surface area contributed by atoms with Crippen molar-refractivity contribution in [1.82, 2.24) is 4.57 Å². The third kappa shape index (κ3) is 5.60. The maximum absolute atomic E-state index is 6.83. The van der Waals surface area contributed by atoms with E-state index in [-0.39, 0.29) is 0 Å². The minimum Gasteiger partial charge on any atom is -0.455 e. The van der Waals surface area contributed by atoms with Crippen molar-refractivity contribution < 1.29 is 4.42 Å². The third-order valence-electron chi connectivity index (χ3n) is 13.0. The van der Waals surface area contributed by atoms with Crippen LogP contribution >= 0.6 is 0 Å². The van der Waals surface area contributed by atoms with Crippen molar-refractivity contribution in [2.75, 3.05) is 4.90 Å². The standard InChI is InChI=1S/C60H38N2O/c1-2-13-39(14-3-1)48-21-12-22-54-55-35-27-42-37-46(34-36-49(42)60(55)63-59(48)54)61(44-30-32-45(33-31-44)62-57-23-10-8-19-52(57)53-20-9-11-24-58(53)62)43-28-25-40(26-29-43)56-38-41-15-4-5-16-47(41)50-17-6-7-18-51(50)56/h1-38H. The van der Waals surface area contributed by atoms with E-state index in [2.05, 4.69) is 240 Å². The molecular weight excluding hydrogens is 765 g/mol. The van der Waals surface area contributed by atoms with E-state index in [1.807, 2.05) is 0 Å². The molecule has 2 heterocycles. The molecule has 0 atom stereocenters. The van der Waals surface area contributed by atoms with Crippen molar-refractivity contribution in [2.45, 2.75) is 0 Å². The van der Waals surface area contributed by atoms with Crippen molar-refractivity contribution in [1.29, 1.82) is 0 Å². The van der Waals surface area contributed by atoms with Crippen molar-refractivity contribution in [3.63, 3.8) is 0 Å². The Morgan fingerprint density at radius 2 is 0.841 bits per heavy atom. The Kier molecular flexibility index (Phi) is 7.91. The molecule has 11 aromatic carbocycles. The molecule has 3 heteroatoms. The predicted octanol–water partition coefficient (Wildman–Crippen LogP) is 16.9. The number of para-hydroxylation sites is 3. The average molecular weight is 803 g/mol. The maximum atomic E-state index is 6.83. The summed E-state index contributed by atoms with van der Waals surface area (Å²) in [6.07, 6.45) is 0. The average Bonchev–Trinajstić information content (AvgIpc) is 3.91. The van der Waals surface area contributed by atoms with Gasteiger partial charge in [0, 0.05) is 55.2 Å². The SMILES string of the molecule is c1ccc(-c2cccc3c2oc2c4ccc(N(c5ccc(-c6cc7ccccc7c7ccccc67)cc5)c5ccc(-n6c7ccccc7c7ccccc76)cc5)cc4ccc32)cc1. The molecule has 0 fully saturated rings. The molecule has 0 N–H and O–H groups in total. The first-order valence-corrected chi connectivity index (χ1v) is 21.6. The molecule has 13 rings (SSSR count). The number of furan rings is 1. The minimum atomic E-state index is 0.909. The number of rotatable bonds is 6. The zero-order valence-electron chi connectivity index (χ0n) is 34.2. The highest BCUT2D eigenvalue weighted by Crippen LogP contribution is 2.43. The zero-order valence-corrected chi connectivity index (χ0v) is 34.2. The normalized spacial score (nSPS) is 11.8. The summed E-state index contributed by atoms with van der Waals surface area (Å²) in [5.74, 6) is 0. The number of aromatic nitrogens is 1. The van der Waals surface area contributed by atoms with Gasteiger partial charge < -0.3 is 13.9 Å². The van der Waals surface area contributed by atoms with Crippen LogP contribution in [0.2, 0.25) is 0 Å². The van der Waals surface area contributed by atoms with Gasteiger partial charge in [0.2, 0.25) is 0 Å². The van der Waals surface area contributed by atoms with Gasteiger partial charge in [0.05, 0.1) is 11.0 Å². The summed E-state index contributed by atoms with van der Waals surface area (Å²) < 4.78 is 9.20. The van der Waals surface area contributed by atoms with Gasteiger partial charge in [-0.15, -0.1) is 0 Å². The van der Waals surface area contributed by atoms with Crippen LogP contribution in [0.3, 0.4) is 0 Å². The van der Waals surface area contributed by atoms with Crippen LogP contribution in [0, 0.1) is 0 Å². The van der Waals surface area contributed by atoms with Gasteiger partial charge >= 0.3 is 0 Å². The van der Waals surface area contributed by atoms with E-state index >= 15 is 0 Å². The van der Waals surface area contributed by atoms with Crippen LogP contribution in [0.15, 0.2) is 235 Å². The molecule has 0 aliphatic rings. The Morgan fingerprint density at radius 1 is 0.302 bits per heavy atom. The monoisotopic (exact) mass is 802 g/mol. The lowest BCUT2D eigenvalue weighted by atomic mass is 9.93. The Labute approximate surface area is 363 Å². The molecule has 0 bridgehead atoms. The highest BCUT2D eigenvalue weighted by Gasteiger charge is 2.19. The molecule has 0 aliphatic carbocycles. The molecule has 13 aromatic rings. The molecule has 0 amide bonds. The van der Waals surface area contributed by atoms with Crippen LogP contribution in [0.1, 0.15) is 0 Å². The Bertz CT molecular complexity index is 3840. The number of hydrogen-bond acceptors (Lipinski definition) is 2. The Balaban J connectivity index is 0.961. The van der Waals surface area contributed by atoms with Crippen molar-refractivity contribution in [3.05, 3.63) is 231 Å². The number of hydrogen-bond donors (Lipinski definition) is 0. The summed E-state index contributed by atoms with van der Waals surface area (Å²) in [7, 11) is 0.